The number of rotatable bonds is 4. The number of aliphatic hydroxyl groups excluding tert-OH is 1. The van der Waals surface area contributed by atoms with E-state index in [-0.39, 0.29) is 17.5 Å². The Morgan fingerprint density at radius 1 is 1.45 bits per heavy atom. The molecule has 4 heteroatoms. The zero-order valence-corrected chi connectivity index (χ0v) is 11.9. The summed E-state index contributed by atoms with van der Waals surface area (Å²) in [7, 11) is 0. The molecule has 1 saturated heterocycles. The van der Waals surface area contributed by atoms with E-state index in [4.69, 9.17) is 0 Å². The lowest BCUT2D eigenvalue weighted by Gasteiger charge is -2.21. The Hall–Kier alpha value is -1.39. The van der Waals surface area contributed by atoms with Gasteiger partial charge in [-0.1, -0.05) is 24.3 Å². The fourth-order valence-corrected chi connectivity index (χ4v) is 2.94. The van der Waals surface area contributed by atoms with Crippen molar-refractivity contribution in [1.82, 2.24) is 10.6 Å². The number of β-amino-alcohol motifs (C(OH)–C–C–N with tert-alkyl or cyclic N) is 1. The third-order valence-corrected chi connectivity index (χ3v) is 4.46. The molecule has 1 aliphatic carbocycles. The average molecular weight is 274 g/mol. The Kier molecular flexibility index (Phi) is 3.52. The van der Waals surface area contributed by atoms with Crippen molar-refractivity contribution in [3.05, 3.63) is 35.4 Å². The minimum Gasteiger partial charge on any atom is -0.392 e. The van der Waals surface area contributed by atoms with Crippen molar-refractivity contribution in [2.75, 3.05) is 6.54 Å². The van der Waals surface area contributed by atoms with Crippen molar-refractivity contribution >= 4 is 5.91 Å². The molecule has 1 aromatic rings. The largest absolute Gasteiger partial charge is 0.392 e. The predicted molar refractivity (Wildman–Crippen MR) is 77.4 cm³/mol. The number of carbonyl (C=O) groups excluding carboxylic acids is 1. The highest BCUT2D eigenvalue weighted by Crippen LogP contribution is 2.39. The van der Waals surface area contributed by atoms with Crippen LogP contribution in [0.1, 0.15) is 30.4 Å². The van der Waals surface area contributed by atoms with Gasteiger partial charge in [0.05, 0.1) is 12.1 Å². The van der Waals surface area contributed by atoms with Crippen LogP contribution in [-0.2, 0) is 11.2 Å². The Labute approximate surface area is 119 Å². The second-order valence-electron chi connectivity index (χ2n) is 6.22. The van der Waals surface area contributed by atoms with Crippen LogP contribution in [-0.4, -0.2) is 35.2 Å². The molecule has 0 unspecified atom stereocenters. The van der Waals surface area contributed by atoms with E-state index in [2.05, 4.69) is 35.8 Å². The van der Waals surface area contributed by atoms with Gasteiger partial charge in [-0.05, 0) is 43.7 Å². The van der Waals surface area contributed by atoms with Gasteiger partial charge in [-0.3, -0.25) is 4.79 Å². The molecule has 4 nitrogen and oxygen atoms in total. The van der Waals surface area contributed by atoms with Gasteiger partial charge in [0, 0.05) is 12.1 Å². The fourth-order valence-electron chi connectivity index (χ4n) is 2.94. The number of amides is 1. The van der Waals surface area contributed by atoms with Crippen LogP contribution in [0.5, 0.6) is 0 Å². The zero-order valence-electron chi connectivity index (χ0n) is 11.9. The first-order valence-electron chi connectivity index (χ1n) is 7.36. The molecular weight excluding hydrogens is 252 g/mol. The SMILES string of the molecule is Cc1ccccc1CC1(NC(=O)[C@H]2C[C@@H](O)CN2)CC1. The van der Waals surface area contributed by atoms with E-state index in [9.17, 15) is 9.90 Å². The number of benzene rings is 1. The first-order valence-corrected chi connectivity index (χ1v) is 7.36. The molecule has 108 valence electrons. The van der Waals surface area contributed by atoms with Crippen LogP contribution in [0.25, 0.3) is 0 Å². The van der Waals surface area contributed by atoms with Gasteiger partial charge in [-0.25, -0.2) is 0 Å². The van der Waals surface area contributed by atoms with Crippen molar-refractivity contribution in [3.63, 3.8) is 0 Å². The Balaban J connectivity index is 1.62. The smallest absolute Gasteiger partial charge is 0.237 e. The third kappa shape index (κ3) is 2.86. The summed E-state index contributed by atoms with van der Waals surface area (Å²) in [6.45, 7) is 2.63. The second kappa shape index (κ2) is 5.19. The summed E-state index contributed by atoms with van der Waals surface area (Å²) in [6.07, 6.45) is 3.12. The molecule has 0 bridgehead atoms. The summed E-state index contributed by atoms with van der Waals surface area (Å²) >= 11 is 0. The molecule has 2 aliphatic rings. The molecule has 2 fully saturated rings. The van der Waals surface area contributed by atoms with E-state index in [1.807, 2.05) is 6.07 Å². The lowest BCUT2D eigenvalue weighted by molar-refractivity contribution is -0.123. The van der Waals surface area contributed by atoms with Crippen molar-refractivity contribution < 1.29 is 9.90 Å². The Morgan fingerprint density at radius 2 is 2.20 bits per heavy atom. The highest BCUT2D eigenvalue weighted by atomic mass is 16.3. The summed E-state index contributed by atoms with van der Waals surface area (Å²) in [4.78, 5) is 12.2. The van der Waals surface area contributed by atoms with Gasteiger partial charge in [-0.15, -0.1) is 0 Å². The minimum absolute atomic E-state index is 0.0348. The zero-order chi connectivity index (χ0) is 14.2. The van der Waals surface area contributed by atoms with Gasteiger partial charge in [0.1, 0.15) is 0 Å². The van der Waals surface area contributed by atoms with Gasteiger partial charge in [0.25, 0.3) is 0 Å². The molecule has 3 rings (SSSR count). The first kappa shape index (κ1) is 13.6. The van der Waals surface area contributed by atoms with Crippen LogP contribution in [0, 0.1) is 6.92 Å². The number of nitrogens with one attached hydrogen (secondary N) is 2. The van der Waals surface area contributed by atoms with E-state index < -0.39 is 6.10 Å². The lowest BCUT2D eigenvalue weighted by atomic mass is 9.99. The molecule has 20 heavy (non-hydrogen) atoms. The van der Waals surface area contributed by atoms with Crippen molar-refractivity contribution in [2.45, 2.75) is 50.3 Å². The van der Waals surface area contributed by atoms with Crippen LogP contribution < -0.4 is 10.6 Å². The van der Waals surface area contributed by atoms with Gasteiger partial charge < -0.3 is 15.7 Å². The van der Waals surface area contributed by atoms with Crippen molar-refractivity contribution in [3.8, 4) is 0 Å². The fraction of sp³-hybridized carbons (Fsp3) is 0.562. The van der Waals surface area contributed by atoms with Crippen LogP contribution >= 0.6 is 0 Å². The molecule has 1 amide bonds. The number of hydrogen-bond acceptors (Lipinski definition) is 3. The normalized spacial score (nSPS) is 27.3. The topological polar surface area (TPSA) is 61.4 Å². The molecule has 1 aromatic carbocycles. The van der Waals surface area contributed by atoms with E-state index in [1.54, 1.807) is 0 Å². The van der Waals surface area contributed by atoms with E-state index >= 15 is 0 Å². The van der Waals surface area contributed by atoms with Crippen molar-refractivity contribution in [1.29, 1.82) is 0 Å². The molecule has 3 N–H and O–H groups in total. The highest BCUT2D eigenvalue weighted by molar-refractivity contribution is 5.83. The van der Waals surface area contributed by atoms with Crippen LogP contribution in [0.15, 0.2) is 24.3 Å². The first-order chi connectivity index (χ1) is 9.58. The standard InChI is InChI=1S/C16H22N2O2/c1-11-4-2-3-5-12(11)9-16(6-7-16)18-15(20)14-8-13(19)10-17-14/h2-5,13-14,17,19H,6-10H2,1H3,(H,18,20)/t13-,14-/m1/s1. The monoisotopic (exact) mass is 274 g/mol. The molecule has 1 aliphatic heterocycles. The quantitative estimate of drug-likeness (QED) is 0.765. The summed E-state index contributed by atoms with van der Waals surface area (Å²) in [5.74, 6) is 0.0348. The van der Waals surface area contributed by atoms with E-state index in [1.165, 1.54) is 11.1 Å². The second-order valence-corrected chi connectivity index (χ2v) is 6.22. The number of aliphatic hydroxyl groups is 1. The molecule has 1 saturated carbocycles. The van der Waals surface area contributed by atoms with E-state index in [0.717, 1.165) is 19.3 Å². The maximum Gasteiger partial charge on any atom is 0.237 e. The van der Waals surface area contributed by atoms with Gasteiger partial charge in [0.2, 0.25) is 5.91 Å². The maximum atomic E-state index is 12.2. The van der Waals surface area contributed by atoms with Gasteiger partial charge in [0.15, 0.2) is 0 Å². The Morgan fingerprint density at radius 3 is 2.80 bits per heavy atom. The van der Waals surface area contributed by atoms with Gasteiger partial charge >= 0.3 is 0 Å². The highest BCUT2D eigenvalue weighted by Gasteiger charge is 2.45. The minimum atomic E-state index is -0.391. The van der Waals surface area contributed by atoms with Crippen LogP contribution in [0.2, 0.25) is 0 Å². The summed E-state index contributed by atoms with van der Waals surface area (Å²) < 4.78 is 0. The van der Waals surface area contributed by atoms with E-state index in [0.29, 0.717) is 13.0 Å². The number of hydrogen-bond donors (Lipinski definition) is 3. The lowest BCUT2D eigenvalue weighted by Crippen LogP contribution is -2.47. The maximum absolute atomic E-state index is 12.2. The molecular formula is C16H22N2O2. The predicted octanol–water partition coefficient (Wildman–Crippen LogP) is 0.909. The molecule has 0 spiro atoms. The molecule has 2 atom stereocenters. The summed E-state index contributed by atoms with van der Waals surface area (Å²) in [6, 6.07) is 8.11. The molecule has 0 aromatic heterocycles. The van der Waals surface area contributed by atoms with Crippen LogP contribution in [0.4, 0.5) is 0 Å². The number of carbonyl (C=O) groups is 1. The Bertz CT molecular complexity index is 511. The van der Waals surface area contributed by atoms with Crippen LogP contribution in [0.3, 0.4) is 0 Å². The summed E-state index contributed by atoms with van der Waals surface area (Å²) in [5.41, 5.74) is 2.53. The summed E-state index contributed by atoms with van der Waals surface area (Å²) in [5, 5.41) is 15.8. The molecule has 0 radical (unpaired) electrons. The van der Waals surface area contributed by atoms with Gasteiger partial charge in [-0.2, -0.15) is 0 Å². The number of aryl methyl sites for hydroxylation is 1. The third-order valence-electron chi connectivity index (χ3n) is 4.46. The average Bonchev–Trinajstić information content (AvgIpc) is 3.02. The molecule has 1 heterocycles. The van der Waals surface area contributed by atoms with Crippen molar-refractivity contribution in [2.24, 2.45) is 0 Å².